The molecule has 1 N–H and O–H groups in total. The van der Waals surface area contributed by atoms with E-state index in [0.717, 1.165) is 34.8 Å². The maximum absolute atomic E-state index is 5.31. The molecule has 94 valence electrons. The van der Waals surface area contributed by atoms with Gasteiger partial charge in [-0.2, -0.15) is 0 Å². The van der Waals surface area contributed by atoms with Crippen molar-refractivity contribution in [3.63, 3.8) is 0 Å². The number of nitrogens with zero attached hydrogens (tertiary/aromatic N) is 2. The zero-order valence-electron chi connectivity index (χ0n) is 10.9. The van der Waals surface area contributed by atoms with E-state index >= 15 is 0 Å². The van der Waals surface area contributed by atoms with Crippen LogP contribution < -0.4 is 10.1 Å². The Bertz CT molecular complexity index is 523. The first-order valence-electron chi connectivity index (χ1n) is 5.95. The summed E-state index contributed by atoms with van der Waals surface area (Å²) in [7, 11) is 3.54. The molecule has 0 radical (unpaired) electrons. The van der Waals surface area contributed by atoms with Gasteiger partial charge in [-0.15, -0.1) is 0 Å². The van der Waals surface area contributed by atoms with Gasteiger partial charge in [0.05, 0.1) is 25.2 Å². The molecule has 0 saturated carbocycles. The number of aromatic nitrogens is 2. The Morgan fingerprint density at radius 1 is 1.22 bits per heavy atom. The maximum atomic E-state index is 5.31. The Labute approximate surface area is 107 Å². The van der Waals surface area contributed by atoms with Gasteiger partial charge in [0.25, 0.3) is 0 Å². The predicted octanol–water partition coefficient (Wildman–Crippen LogP) is 2.76. The first-order valence-corrected chi connectivity index (χ1v) is 5.95. The highest BCUT2D eigenvalue weighted by Crippen LogP contribution is 2.25. The van der Waals surface area contributed by atoms with Crippen LogP contribution in [0.15, 0.2) is 30.6 Å². The molecule has 0 fully saturated rings. The number of aryl methyl sites for hydroxylation is 1. The van der Waals surface area contributed by atoms with Crippen molar-refractivity contribution < 1.29 is 4.74 Å². The zero-order valence-corrected chi connectivity index (χ0v) is 10.9. The molecule has 0 aliphatic rings. The summed E-state index contributed by atoms with van der Waals surface area (Å²) in [4.78, 5) is 8.67. The summed E-state index contributed by atoms with van der Waals surface area (Å²) in [5.74, 6) is 1.64. The number of ether oxygens (including phenoxy) is 1. The van der Waals surface area contributed by atoms with Gasteiger partial charge in [-0.3, -0.25) is 0 Å². The minimum Gasteiger partial charge on any atom is -0.496 e. The van der Waals surface area contributed by atoms with Crippen molar-refractivity contribution in [3.8, 4) is 17.1 Å². The molecule has 0 saturated heterocycles. The maximum Gasteiger partial charge on any atom is 0.159 e. The summed E-state index contributed by atoms with van der Waals surface area (Å²) < 4.78 is 5.31. The van der Waals surface area contributed by atoms with E-state index in [2.05, 4.69) is 28.3 Å². The van der Waals surface area contributed by atoms with Crippen LogP contribution in [0.5, 0.6) is 5.75 Å². The van der Waals surface area contributed by atoms with Gasteiger partial charge in [-0.05, 0) is 30.2 Å². The average Bonchev–Trinajstić information content (AvgIpc) is 2.46. The second-order valence-corrected chi connectivity index (χ2v) is 3.93. The lowest BCUT2D eigenvalue weighted by molar-refractivity contribution is 0.410. The number of hydrogen-bond donors (Lipinski definition) is 1. The van der Waals surface area contributed by atoms with E-state index in [-0.39, 0.29) is 0 Å². The van der Waals surface area contributed by atoms with E-state index < -0.39 is 0 Å². The molecule has 18 heavy (non-hydrogen) atoms. The van der Waals surface area contributed by atoms with Crippen LogP contribution >= 0.6 is 0 Å². The first kappa shape index (κ1) is 12.4. The molecule has 2 aromatic rings. The van der Waals surface area contributed by atoms with Gasteiger partial charge in [0.1, 0.15) is 5.75 Å². The van der Waals surface area contributed by atoms with Crippen LogP contribution in [0.4, 0.5) is 5.69 Å². The van der Waals surface area contributed by atoms with Crippen molar-refractivity contribution in [2.45, 2.75) is 13.3 Å². The van der Waals surface area contributed by atoms with Gasteiger partial charge in [-0.1, -0.05) is 6.92 Å². The highest BCUT2D eigenvalue weighted by Gasteiger charge is 2.06. The number of nitrogens with one attached hydrogen (secondary N) is 1. The summed E-state index contributed by atoms with van der Waals surface area (Å²) in [6.45, 7) is 2.10. The molecule has 0 aliphatic carbocycles. The van der Waals surface area contributed by atoms with Crippen molar-refractivity contribution >= 4 is 5.69 Å². The third-order valence-electron chi connectivity index (χ3n) is 2.86. The fraction of sp³-hybridized carbons (Fsp3) is 0.286. The zero-order chi connectivity index (χ0) is 13.0. The summed E-state index contributed by atoms with van der Waals surface area (Å²) in [6, 6.07) is 6.02. The lowest BCUT2D eigenvalue weighted by Crippen LogP contribution is -1.95. The van der Waals surface area contributed by atoms with Crippen LogP contribution in [-0.2, 0) is 6.42 Å². The molecule has 0 atom stereocenters. The number of anilines is 1. The highest BCUT2D eigenvalue weighted by atomic mass is 16.5. The summed E-state index contributed by atoms with van der Waals surface area (Å²) in [5, 5.41) is 3.00. The molecule has 4 heteroatoms. The normalized spacial score (nSPS) is 10.2. The number of benzene rings is 1. The number of rotatable bonds is 4. The molecule has 0 aliphatic heterocycles. The minimum absolute atomic E-state index is 0.728. The largest absolute Gasteiger partial charge is 0.496 e. The van der Waals surface area contributed by atoms with Crippen molar-refractivity contribution in [1.29, 1.82) is 0 Å². The van der Waals surface area contributed by atoms with Gasteiger partial charge in [-0.25, -0.2) is 9.97 Å². The van der Waals surface area contributed by atoms with E-state index in [9.17, 15) is 0 Å². The van der Waals surface area contributed by atoms with Crippen molar-refractivity contribution in [2.24, 2.45) is 0 Å². The third-order valence-corrected chi connectivity index (χ3v) is 2.86. The second-order valence-electron chi connectivity index (χ2n) is 3.93. The third kappa shape index (κ3) is 2.42. The van der Waals surface area contributed by atoms with Crippen LogP contribution in [0.3, 0.4) is 0 Å². The standard InChI is InChI=1S/C14H17N3O/c1-4-10-7-11(5-6-13(10)18-3)14-16-8-12(15-2)9-17-14/h5-9,15H,4H2,1-3H3. The Morgan fingerprint density at radius 2 is 1.94 bits per heavy atom. The molecule has 0 spiro atoms. The molecule has 1 aromatic carbocycles. The van der Waals surface area contributed by atoms with Crippen LogP contribution in [0, 0.1) is 0 Å². The van der Waals surface area contributed by atoms with Crippen molar-refractivity contribution in [1.82, 2.24) is 9.97 Å². The van der Waals surface area contributed by atoms with Crippen LogP contribution in [-0.4, -0.2) is 24.1 Å². The van der Waals surface area contributed by atoms with Gasteiger partial charge >= 0.3 is 0 Å². The minimum atomic E-state index is 0.728. The molecule has 1 heterocycles. The van der Waals surface area contributed by atoms with Crippen LogP contribution in [0.25, 0.3) is 11.4 Å². The van der Waals surface area contributed by atoms with Crippen molar-refractivity contribution in [3.05, 3.63) is 36.2 Å². The molecule has 2 rings (SSSR count). The lowest BCUT2D eigenvalue weighted by atomic mass is 10.1. The monoisotopic (exact) mass is 243 g/mol. The summed E-state index contributed by atoms with van der Waals surface area (Å²) >= 11 is 0. The van der Waals surface area contributed by atoms with E-state index in [0.29, 0.717) is 0 Å². The van der Waals surface area contributed by atoms with Crippen molar-refractivity contribution in [2.75, 3.05) is 19.5 Å². The quantitative estimate of drug-likeness (QED) is 0.897. The fourth-order valence-electron chi connectivity index (χ4n) is 1.80. The molecular weight excluding hydrogens is 226 g/mol. The molecule has 1 aromatic heterocycles. The average molecular weight is 243 g/mol. The van der Waals surface area contributed by atoms with E-state index in [1.165, 1.54) is 0 Å². The fourth-order valence-corrected chi connectivity index (χ4v) is 1.80. The van der Waals surface area contributed by atoms with Crippen LogP contribution in [0.1, 0.15) is 12.5 Å². The Balaban J connectivity index is 2.37. The number of methoxy groups -OCH3 is 1. The second kappa shape index (κ2) is 5.49. The Kier molecular flexibility index (Phi) is 3.77. The Hall–Kier alpha value is -2.10. The van der Waals surface area contributed by atoms with E-state index in [1.807, 2.05) is 19.2 Å². The Morgan fingerprint density at radius 3 is 2.50 bits per heavy atom. The first-order chi connectivity index (χ1) is 8.78. The SMILES string of the molecule is CCc1cc(-c2ncc(NC)cn2)ccc1OC. The van der Waals surface area contributed by atoms with Gasteiger partial charge in [0, 0.05) is 12.6 Å². The van der Waals surface area contributed by atoms with E-state index in [1.54, 1.807) is 19.5 Å². The molecule has 0 unspecified atom stereocenters. The highest BCUT2D eigenvalue weighted by molar-refractivity contribution is 5.59. The van der Waals surface area contributed by atoms with Gasteiger partial charge < -0.3 is 10.1 Å². The van der Waals surface area contributed by atoms with E-state index in [4.69, 9.17) is 4.74 Å². The van der Waals surface area contributed by atoms with Gasteiger partial charge in [0.2, 0.25) is 0 Å². The predicted molar refractivity (Wildman–Crippen MR) is 72.9 cm³/mol. The smallest absolute Gasteiger partial charge is 0.159 e. The lowest BCUT2D eigenvalue weighted by Gasteiger charge is -2.08. The van der Waals surface area contributed by atoms with Crippen LogP contribution in [0.2, 0.25) is 0 Å². The molecule has 0 amide bonds. The molecule has 4 nitrogen and oxygen atoms in total. The van der Waals surface area contributed by atoms with Gasteiger partial charge in [0.15, 0.2) is 5.82 Å². The summed E-state index contributed by atoms with van der Waals surface area (Å²) in [5.41, 5.74) is 3.08. The number of hydrogen-bond acceptors (Lipinski definition) is 4. The molecule has 0 bridgehead atoms. The topological polar surface area (TPSA) is 47.0 Å². The molecular formula is C14H17N3O. The summed E-state index contributed by atoms with van der Waals surface area (Å²) in [6.07, 6.45) is 4.47.